The molecule has 0 atom stereocenters. The molecule has 0 N–H and O–H groups in total. The summed E-state index contributed by atoms with van der Waals surface area (Å²) < 4.78 is 0. The highest BCUT2D eigenvalue weighted by molar-refractivity contribution is 7.24. The molecule has 214 valence electrons. The lowest BCUT2D eigenvalue weighted by Crippen LogP contribution is -2.43. The standard InChI is InChI=1S/C41H34S2Si/c1-2-16-35-26-27-37(43-35)41-39(34-23-13-6-14-24-34)38(33-21-11-5-12-22-33)40(36-25-15-28-42-36)44(41,29-31-17-7-3-8-18-31)30-32-19-9-4-10-20-32/h2-28H,29-30H2,1H3/b16-2+. The van der Waals surface area contributed by atoms with E-state index >= 15 is 0 Å². The van der Waals surface area contributed by atoms with E-state index in [-0.39, 0.29) is 0 Å². The fourth-order valence-corrected chi connectivity index (χ4v) is 15.5. The van der Waals surface area contributed by atoms with Crippen LogP contribution in [-0.2, 0) is 12.1 Å². The number of thiophene rings is 2. The Labute approximate surface area is 270 Å². The van der Waals surface area contributed by atoms with Gasteiger partial charge in [-0.3, -0.25) is 0 Å². The lowest BCUT2D eigenvalue weighted by Gasteiger charge is -2.34. The summed E-state index contributed by atoms with van der Waals surface area (Å²) >= 11 is 3.83. The first-order chi connectivity index (χ1) is 21.8. The zero-order valence-corrected chi connectivity index (χ0v) is 27.5. The van der Waals surface area contributed by atoms with Gasteiger partial charge < -0.3 is 0 Å². The summed E-state index contributed by atoms with van der Waals surface area (Å²) in [6.45, 7) is 2.11. The molecule has 4 aromatic carbocycles. The van der Waals surface area contributed by atoms with Crippen molar-refractivity contribution >= 4 is 58.4 Å². The second-order valence-electron chi connectivity index (χ2n) is 11.3. The van der Waals surface area contributed by atoms with E-state index in [1.165, 1.54) is 48.0 Å². The normalized spacial score (nSPS) is 14.6. The van der Waals surface area contributed by atoms with Gasteiger partial charge >= 0.3 is 0 Å². The van der Waals surface area contributed by atoms with Crippen LogP contribution in [0, 0.1) is 0 Å². The number of hydrogen-bond acceptors (Lipinski definition) is 2. The molecule has 0 nitrogen and oxygen atoms in total. The summed E-state index contributed by atoms with van der Waals surface area (Å²) in [5.74, 6) is 0. The average Bonchev–Trinajstić information content (AvgIpc) is 3.82. The van der Waals surface area contributed by atoms with Gasteiger partial charge in [0.05, 0.1) is 0 Å². The maximum atomic E-state index is 2.40. The van der Waals surface area contributed by atoms with Crippen LogP contribution in [0.1, 0.15) is 43.8 Å². The van der Waals surface area contributed by atoms with Gasteiger partial charge in [-0.2, -0.15) is 0 Å². The van der Waals surface area contributed by atoms with Crippen molar-refractivity contribution in [2.75, 3.05) is 0 Å². The summed E-state index contributed by atoms with van der Waals surface area (Å²) in [7, 11) is -2.56. The van der Waals surface area contributed by atoms with Crippen molar-refractivity contribution in [3.05, 3.63) is 194 Å². The van der Waals surface area contributed by atoms with Crippen LogP contribution in [0.2, 0.25) is 0 Å². The van der Waals surface area contributed by atoms with Crippen LogP contribution in [0.3, 0.4) is 0 Å². The monoisotopic (exact) mass is 618 g/mol. The van der Waals surface area contributed by atoms with E-state index < -0.39 is 8.07 Å². The second-order valence-corrected chi connectivity index (χ2v) is 17.3. The van der Waals surface area contributed by atoms with Crippen LogP contribution in [-0.4, -0.2) is 8.07 Å². The number of rotatable bonds is 9. The summed E-state index contributed by atoms with van der Waals surface area (Å²) in [4.78, 5) is 4.10. The smallest absolute Gasteiger partial charge is 0.131 e. The van der Waals surface area contributed by atoms with Gasteiger partial charge in [-0.1, -0.05) is 145 Å². The number of benzene rings is 4. The van der Waals surface area contributed by atoms with Crippen LogP contribution in [0.25, 0.3) is 27.6 Å². The molecule has 3 heteroatoms. The third-order valence-corrected chi connectivity index (χ3v) is 15.8. The van der Waals surface area contributed by atoms with E-state index in [2.05, 4.69) is 170 Å². The molecule has 0 saturated heterocycles. The summed E-state index contributed by atoms with van der Waals surface area (Å²) in [5.41, 5.74) is 8.24. The first-order valence-corrected chi connectivity index (χ1v) is 19.3. The Balaban J connectivity index is 1.65. The molecule has 1 aliphatic heterocycles. The van der Waals surface area contributed by atoms with Crippen molar-refractivity contribution in [3.63, 3.8) is 0 Å². The topological polar surface area (TPSA) is 0 Å². The minimum absolute atomic E-state index is 1.04. The summed E-state index contributed by atoms with van der Waals surface area (Å²) in [6, 6.07) is 56.2. The Morgan fingerprint density at radius 1 is 0.523 bits per heavy atom. The van der Waals surface area contributed by atoms with Crippen molar-refractivity contribution < 1.29 is 0 Å². The van der Waals surface area contributed by atoms with E-state index in [0.29, 0.717) is 0 Å². The van der Waals surface area contributed by atoms with Crippen LogP contribution >= 0.6 is 22.7 Å². The van der Waals surface area contributed by atoms with Crippen LogP contribution in [0.5, 0.6) is 0 Å². The molecule has 1 aliphatic rings. The molecule has 0 unspecified atom stereocenters. The van der Waals surface area contributed by atoms with Crippen LogP contribution < -0.4 is 0 Å². The van der Waals surface area contributed by atoms with Crippen molar-refractivity contribution in [1.82, 2.24) is 0 Å². The molecule has 7 rings (SSSR count). The van der Waals surface area contributed by atoms with Gasteiger partial charge in [0.2, 0.25) is 0 Å². The van der Waals surface area contributed by atoms with E-state index in [1.807, 2.05) is 22.7 Å². The molecular weight excluding hydrogens is 585 g/mol. The van der Waals surface area contributed by atoms with E-state index in [4.69, 9.17) is 0 Å². The maximum Gasteiger partial charge on any atom is 0.131 e. The molecule has 0 spiro atoms. The average molecular weight is 619 g/mol. The molecule has 3 heterocycles. The number of hydrogen-bond donors (Lipinski definition) is 0. The van der Waals surface area contributed by atoms with Gasteiger partial charge in [0.25, 0.3) is 0 Å². The fourth-order valence-electron chi connectivity index (χ4n) is 6.83. The van der Waals surface area contributed by atoms with Gasteiger partial charge in [0, 0.05) is 14.6 Å². The highest BCUT2D eigenvalue weighted by Gasteiger charge is 2.51. The second kappa shape index (κ2) is 12.8. The van der Waals surface area contributed by atoms with Crippen LogP contribution in [0.4, 0.5) is 0 Å². The zero-order chi connectivity index (χ0) is 29.8. The van der Waals surface area contributed by atoms with Gasteiger partial charge in [-0.05, 0) is 81.3 Å². The Morgan fingerprint density at radius 3 is 1.50 bits per heavy atom. The summed E-state index contributed by atoms with van der Waals surface area (Å²) in [5, 5.41) is 5.39. The predicted octanol–water partition coefficient (Wildman–Crippen LogP) is 11.5. The third-order valence-electron chi connectivity index (χ3n) is 8.50. The first-order valence-electron chi connectivity index (χ1n) is 15.2. The summed E-state index contributed by atoms with van der Waals surface area (Å²) in [6.07, 6.45) is 4.40. The molecular formula is C41H34S2Si. The fraction of sp³-hybridized carbons (Fsp3) is 0.0732. The largest absolute Gasteiger partial charge is 0.145 e. The molecule has 0 amide bonds. The first kappa shape index (κ1) is 28.5. The van der Waals surface area contributed by atoms with E-state index in [9.17, 15) is 0 Å². The minimum Gasteiger partial charge on any atom is -0.145 e. The van der Waals surface area contributed by atoms with Crippen molar-refractivity contribution in [2.45, 2.75) is 19.0 Å². The Hall–Kier alpha value is -4.28. The molecule has 44 heavy (non-hydrogen) atoms. The lowest BCUT2D eigenvalue weighted by molar-refractivity contribution is 1.25. The van der Waals surface area contributed by atoms with Crippen molar-refractivity contribution in [2.24, 2.45) is 0 Å². The molecule has 6 aromatic rings. The zero-order valence-electron chi connectivity index (χ0n) is 24.8. The maximum absolute atomic E-state index is 2.56. The molecule has 0 saturated carbocycles. The van der Waals surface area contributed by atoms with E-state index in [1.54, 1.807) is 10.4 Å². The predicted molar refractivity (Wildman–Crippen MR) is 196 cm³/mol. The quantitative estimate of drug-likeness (QED) is 0.141. The molecule has 0 fully saturated rings. The van der Waals surface area contributed by atoms with Gasteiger partial charge in [0.1, 0.15) is 8.07 Å². The molecule has 0 bridgehead atoms. The minimum atomic E-state index is -2.56. The highest BCUT2D eigenvalue weighted by atomic mass is 32.1. The SMILES string of the molecule is C/C=C/c1ccc(C2=C(c3ccccc3)C(c3ccccc3)=C(c3cccs3)[Si]2(Cc2ccccc2)Cc2ccccc2)s1. The van der Waals surface area contributed by atoms with Crippen molar-refractivity contribution in [3.8, 4) is 0 Å². The van der Waals surface area contributed by atoms with E-state index in [0.717, 1.165) is 12.1 Å². The molecule has 0 aliphatic carbocycles. The van der Waals surface area contributed by atoms with Crippen LogP contribution in [0.15, 0.2) is 157 Å². The third kappa shape index (κ3) is 5.44. The Morgan fingerprint density at radius 2 is 1.02 bits per heavy atom. The van der Waals surface area contributed by atoms with Gasteiger partial charge in [-0.25, -0.2) is 0 Å². The Kier molecular flexibility index (Phi) is 8.26. The molecule has 2 aromatic heterocycles. The Bertz CT molecular complexity index is 1890. The highest BCUT2D eigenvalue weighted by Crippen LogP contribution is 2.58. The van der Waals surface area contributed by atoms with Gasteiger partial charge in [0.15, 0.2) is 0 Å². The van der Waals surface area contributed by atoms with Gasteiger partial charge in [-0.15, -0.1) is 22.7 Å². The van der Waals surface area contributed by atoms with Crippen molar-refractivity contribution in [1.29, 1.82) is 0 Å². The molecule has 0 radical (unpaired) electrons. The lowest BCUT2D eigenvalue weighted by atomic mass is 9.91. The number of allylic oxidation sites excluding steroid dienone is 3.